The molecule has 3 heteroatoms. The van der Waals surface area contributed by atoms with Gasteiger partial charge in [0.25, 0.3) is 0 Å². The number of nitrogens with one attached hydrogen (secondary N) is 1. The first kappa shape index (κ1) is 14.0. The number of anilines is 1. The molecule has 0 radical (unpaired) electrons. The molecular formula is C17H17NO2. The highest BCUT2D eigenvalue weighted by Crippen LogP contribution is 2.22. The number of amides is 1. The van der Waals surface area contributed by atoms with Crippen molar-refractivity contribution >= 4 is 17.7 Å². The lowest BCUT2D eigenvalue weighted by Gasteiger charge is -2.11. The van der Waals surface area contributed by atoms with Crippen LogP contribution in [0.2, 0.25) is 0 Å². The Balaban J connectivity index is 2.07. The molecule has 0 aliphatic carbocycles. The van der Waals surface area contributed by atoms with Crippen LogP contribution in [0.5, 0.6) is 0 Å². The van der Waals surface area contributed by atoms with Crippen molar-refractivity contribution < 1.29 is 9.90 Å². The van der Waals surface area contributed by atoms with Crippen LogP contribution >= 0.6 is 0 Å². The summed E-state index contributed by atoms with van der Waals surface area (Å²) in [6, 6.07) is 16.8. The van der Waals surface area contributed by atoms with Crippen molar-refractivity contribution in [1.82, 2.24) is 0 Å². The Morgan fingerprint density at radius 3 is 2.45 bits per heavy atom. The highest BCUT2D eigenvalue weighted by Gasteiger charge is 2.08. The van der Waals surface area contributed by atoms with Crippen molar-refractivity contribution in [2.45, 2.75) is 13.0 Å². The van der Waals surface area contributed by atoms with Gasteiger partial charge in [-0.25, -0.2) is 0 Å². The largest absolute Gasteiger partial charge is 0.389 e. The molecule has 20 heavy (non-hydrogen) atoms. The van der Waals surface area contributed by atoms with Gasteiger partial charge in [-0.2, -0.15) is 0 Å². The molecule has 0 saturated heterocycles. The van der Waals surface area contributed by atoms with E-state index in [1.807, 2.05) is 42.5 Å². The molecule has 0 bridgehead atoms. The summed E-state index contributed by atoms with van der Waals surface area (Å²) in [6.07, 6.45) is 2.61. The van der Waals surface area contributed by atoms with Gasteiger partial charge in [0.1, 0.15) is 0 Å². The first-order chi connectivity index (χ1) is 9.66. The Labute approximate surface area is 118 Å². The molecule has 0 heterocycles. The Kier molecular flexibility index (Phi) is 4.69. The average Bonchev–Trinajstić information content (AvgIpc) is 2.46. The summed E-state index contributed by atoms with van der Waals surface area (Å²) in [7, 11) is 0. The van der Waals surface area contributed by atoms with Gasteiger partial charge in [0.05, 0.1) is 6.10 Å². The number of hydrogen-bond acceptors (Lipinski definition) is 2. The Bertz CT molecular complexity index is 603. The minimum Gasteiger partial charge on any atom is -0.389 e. The van der Waals surface area contributed by atoms with E-state index in [1.54, 1.807) is 25.1 Å². The van der Waals surface area contributed by atoms with Gasteiger partial charge in [-0.1, -0.05) is 48.5 Å². The van der Waals surface area contributed by atoms with Crippen molar-refractivity contribution in [2.24, 2.45) is 0 Å². The van der Waals surface area contributed by atoms with Crippen LogP contribution in [0.15, 0.2) is 60.7 Å². The van der Waals surface area contributed by atoms with E-state index >= 15 is 0 Å². The monoisotopic (exact) mass is 267 g/mol. The molecule has 0 saturated carbocycles. The summed E-state index contributed by atoms with van der Waals surface area (Å²) in [5, 5.41) is 12.4. The third-order valence-electron chi connectivity index (χ3n) is 2.90. The number of aliphatic hydroxyl groups is 1. The third kappa shape index (κ3) is 3.80. The van der Waals surface area contributed by atoms with E-state index in [0.29, 0.717) is 11.3 Å². The summed E-state index contributed by atoms with van der Waals surface area (Å²) in [5.41, 5.74) is 2.30. The maximum absolute atomic E-state index is 11.9. The van der Waals surface area contributed by atoms with Crippen LogP contribution in [0.3, 0.4) is 0 Å². The van der Waals surface area contributed by atoms with Crippen LogP contribution < -0.4 is 5.32 Å². The Morgan fingerprint density at radius 2 is 1.75 bits per heavy atom. The molecule has 2 rings (SSSR count). The predicted molar refractivity (Wildman–Crippen MR) is 81.2 cm³/mol. The molecule has 0 fully saturated rings. The molecule has 2 N–H and O–H groups in total. The molecule has 2 aromatic carbocycles. The van der Waals surface area contributed by atoms with Crippen LogP contribution in [0.25, 0.3) is 6.08 Å². The van der Waals surface area contributed by atoms with E-state index in [1.165, 1.54) is 6.08 Å². The molecule has 1 amide bonds. The fourth-order valence-electron chi connectivity index (χ4n) is 1.89. The van der Waals surface area contributed by atoms with Crippen LogP contribution in [0.4, 0.5) is 5.69 Å². The lowest BCUT2D eigenvalue weighted by atomic mass is 10.1. The molecule has 0 aromatic heterocycles. The molecule has 0 aliphatic heterocycles. The second-order valence-corrected chi connectivity index (χ2v) is 4.50. The Morgan fingerprint density at radius 1 is 1.10 bits per heavy atom. The number of benzene rings is 2. The minimum absolute atomic E-state index is 0.220. The van der Waals surface area contributed by atoms with Crippen molar-refractivity contribution in [3.05, 3.63) is 71.8 Å². The first-order valence-electron chi connectivity index (χ1n) is 6.48. The van der Waals surface area contributed by atoms with Gasteiger partial charge >= 0.3 is 0 Å². The predicted octanol–water partition coefficient (Wildman–Crippen LogP) is 3.39. The number of carbonyl (C=O) groups is 1. The maximum atomic E-state index is 11.9. The van der Waals surface area contributed by atoms with Gasteiger partial charge in [0.2, 0.25) is 5.91 Å². The lowest BCUT2D eigenvalue weighted by molar-refractivity contribution is -0.111. The van der Waals surface area contributed by atoms with E-state index in [-0.39, 0.29) is 5.91 Å². The molecule has 1 atom stereocenters. The topological polar surface area (TPSA) is 49.3 Å². The highest BCUT2D eigenvalue weighted by molar-refractivity contribution is 6.02. The number of hydrogen-bond donors (Lipinski definition) is 2. The molecule has 0 aliphatic rings. The fourth-order valence-corrected chi connectivity index (χ4v) is 1.89. The number of para-hydroxylation sites is 1. The minimum atomic E-state index is -0.621. The summed E-state index contributed by atoms with van der Waals surface area (Å²) in [5.74, 6) is -0.220. The van der Waals surface area contributed by atoms with E-state index in [9.17, 15) is 9.90 Å². The zero-order valence-corrected chi connectivity index (χ0v) is 11.3. The summed E-state index contributed by atoms with van der Waals surface area (Å²) < 4.78 is 0. The molecule has 102 valence electrons. The number of aliphatic hydroxyl groups excluding tert-OH is 1. The lowest BCUT2D eigenvalue weighted by Crippen LogP contribution is -2.10. The zero-order valence-electron chi connectivity index (χ0n) is 11.3. The molecule has 3 nitrogen and oxygen atoms in total. The average molecular weight is 267 g/mol. The van der Waals surface area contributed by atoms with Crippen LogP contribution in [-0.2, 0) is 4.79 Å². The van der Waals surface area contributed by atoms with Crippen LogP contribution in [0.1, 0.15) is 24.2 Å². The second kappa shape index (κ2) is 6.68. The van der Waals surface area contributed by atoms with Gasteiger partial charge in [0, 0.05) is 17.3 Å². The SMILES string of the molecule is CC(O)c1ccccc1NC(=O)/C=C/c1ccccc1. The quantitative estimate of drug-likeness (QED) is 0.834. The first-order valence-corrected chi connectivity index (χ1v) is 6.48. The molecule has 0 spiro atoms. The van der Waals surface area contributed by atoms with E-state index in [0.717, 1.165) is 5.56 Å². The van der Waals surface area contributed by atoms with E-state index < -0.39 is 6.10 Å². The molecule has 1 unspecified atom stereocenters. The summed E-state index contributed by atoms with van der Waals surface area (Å²) in [4.78, 5) is 11.9. The zero-order chi connectivity index (χ0) is 14.4. The molecule has 2 aromatic rings. The van der Waals surface area contributed by atoms with E-state index in [4.69, 9.17) is 0 Å². The molecular weight excluding hydrogens is 250 g/mol. The van der Waals surface area contributed by atoms with E-state index in [2.05, 4.69) is 5.32 Å². The Hall–Kier alpha value is -2.39. The van der Waals surface area contributed by atoms with Gasteiger partial charge < -0.3 is 10.4 Å². The maximum Gasteiger partial charge on any atom is 0.248 e. The smallest absolute Gasteiger partial charge is 0.248 e. The van der Waals surface area contributed by atoms with Gasteiger partial charge in [-0.3, -0.25) is 4.79 Å². The van der Waals surface area contributed by atoms with Crippen molar-refractivity contribution in [2.75, 3.05) is 5.32 Å². The number of rotatable bonds is 4. The van der Waals surface area contributed by atoms with Crippen molar-refractivity contribution in [3.63, 3.8) is 0 Å². The van der Waals surface area contributed by atoms with Crippen LogP contribution in [0, 0.1) is 0 Å². The number of carbonyl (C=O) groups excluding carboxylic acids is 1. The van der Waals surface area contributed by atoms with Gasteiger partial charge in [-0.05, 0) is 24.6 Å². The van der Waals surface area contributed by atoms with Crippen LogP contribution in [-0.4, -0.2) is 11.0 Å². The van der Waals surface area contributed by atoms with Crippen molar-refractivity contribution in [3.8, 4) is 0 Å². The highest BCUT2D eigenvalue weighted by atomic mass is 16.3. The standard InChI is InChI=1S/C17H17NO2/c1-13(19)15-9-5-6-10-16(15)18-17(20)12-11-14-7-3-2-4-8-14/h2-13,19H,1H3,(H,18,20)/b12-11+. The normalized spacial score (nSPS) is 12.3. The van der Waals surface area contributed by atoms with Gasteiger partial charge in [-0.15, -0.1) is 0 Å². The third-order valence-corrected chi connectivity index (χ3v) is 2.90. The van der Waals surface area contributed by atoms with Crippen molar-refractivity contribution in [1.29, 1.82) is 0 Å². The fraction of sp³-hybridized carbons (Fsp3) is 0.118. The summed E-state index contributed by atoms with van der Waals surface area (Å²) >= 11 is 0. The van der Waals surface area contributed by atoms with Gasteiger partial charge in [0.15, 0.2) is 0 Å². The second-order valence-electron chi connectivity index (χ2n) is 4.50. The summed E-state index contributed by atoms with van der Waals surface area (Å²) in [6.45, 7) is 1.67.